The molecule has 4 rings (SSSR count). The van der Waals surface area contributed by atoms with Gasteiger partial charge in [-0.1, -0.05) is 36.6 Å². The third kappa shape index (κ3) is 3.40. The van der Waals surface area contributed by atoms with Crippen molar-refractivity contribution in [3.8, 4) is 11.5 Å². The molecule has 7 nitrogen and oxygen atoms in total. The van der Waals surface area contributed by atoms with Crippen LogP contribution in [0.2, 0.25) is 0 Å². The second kappa shape index (κ2) is 7.52. The molecule has 2 aliphatic rings. The highest BCUT2D eigenvalue weighted by molar-refractivity contribution is 6.38. The van der Waals surface area contributed by atoms with Crippen molar-refractivity contribution in [1.82, 2.24) is 4.59 Å². The monoisotopic (exact) mass is 390 g/mol. The van der Waals surface area contributed by atoms with Gasteiger partial charge in [0, 0.05) is 35.5 Å². The lowest BCUT2D eigenvalue weighted by Gasteiger charge is -2.26. The van der Waals surface area contributed by atoms with E-state index in [2.05, 4.69) is 42.4 Å². The fourth-order valence-corrected chi connectivity index (χ4v) is 3.48. The van der Waals surface area contributed by atoms with E-state index >= 15 is 0 Å². The van der Waals surface area contributed by atoms with Crippen LogP contribution in [0, 0.1) is 0 Å². The second-order valence-corrected chi connectivity index (χ2v) is 7.10. The fraction of sp³-hybridized carbons (Fsp3) is 0.227. The van der Waals surface area contributed by atoms with Crippen molar-refractivity contribution in [2.75, 3.05) is 19.5 Å². The zero-order valence-electron chi connectivity index (χ0n) is 17.0. The Hall–Kier alpha value is -3.45. The summed E-state index contributed by atoms with van der Waals surface area (Å²) in [5.41, 5.74) is 3.05. The molecule has 0 saturated carbocycles. The minimum atomic E-state index is 0.154. The number of anilines is 1. The topological polar surface area (TPSA) is 67.6 Å². The van der Waals surface area contributed by atoms with Crippen molar-refractivity contribution < 1.29 is 9.47 Å². The number of fused-ring (bicyclic) bond motifs is 1. The maximum atomic E-state index is 5.36. The first-order valence-corrected chi connectivity index (χ1v) is 9.44. The van der Waals surface area contributed by atoms with Crippen LogP contribution in [0.25, 0.3) is 0 Å². The highest BCUT2D eigenvalue weighted by Crippen LogP contribution is 2.37. The summed E-state index contributed by atoms with van der Waals surface area (Å²) in [6.07, 6.45) is 5.46. The van der Waals surface area contributed by atoms with Gasteiger partial charge < -0.3 is 14.8 Å². The Morgan fingerprint density at radius 3 is 2.41 bits per heavy atom. The van der Waals surface area contributed by atoms with E-state index in [-0.39, 0.29) is 4.59 Å². The summed E-state index contributed by atoms with van der Waals surface area (Å²) in [7, 11) is 3.24. The van der Waals surface area contributed by atoms with Gasteiger partial charge in [0.15, 0.2) is 11.9 Å². The number of para-hydroxylation sites is 1. The standard InChI is InChI=1S/C22H24N5O2/c1-15(2)19-7-5-6-8-20(19)27-10-9-23-14-21(27)25-22(26-27)24-16-11-17(28-3)13-18(12-16)29-4/h5-15H,1-4H3,(H,24,26)/q+1. The van der Waals surface area contributed by atoms with Gasteiger partial charge in [-0.3, -0.25) is 4.99 Å². The van der Waals surface area contributed by atoms with Crippen LogP contribution in [-0.2, 0) is 0 Å². The first-order chi connectivity index (χ1) is 14.1. The first-order valence-electron chi connectivity index (χ1n) is 9.44. The number of nitrogens with zero attached hydrogens (tertiary/aromatic N) is 4. The van der Waals surface area contributed by atoms with E-state index in [0.717, 1.165) is 17.2 Å². The molecule has 0 aromatic heterocycles. The Bertz CT molecular complexity index is 1030. The van der Waals surface area contributed by atoms with E-state index in [9.17, 15) is 0 Å². The van der Waals surface area contributed by atoms with Crippen molar-refractivity contribution >= 4 is 29.4 Å². The average molecular weight is 390 g/mol. The average Bonchev–Trinajstić information content (AvgIpc) is 3.12. The molecule has 1 N–H and O–H groups in total. The Labute approximate surface area is 170 Å². The van der Waals surface area contributed by atoms with Gasteiger partial charge in [0.1, 0.15) is 17.7 Å². The van der Waals surface area contributed by atoms with Crippen molar-refractivity contribution in [3.63, 3.8) is 0 Å². The highest BCUT2D eigenvalue weighted by Gasteiger charge is 2.44. The Balaban J connectivity index is 1.77. The molecule has 0 bridgehead atoms. The summed E-state index contributed by atoms with van der Waals surface area (Å²) in [4.78, 5) is 8.98. The van der Waals surface area contributed by atoms with Crippen molar-refractivity contribution in [2.45, 2.75) is 19.8 Å². The molecule has 0 saturated heterocycles. The summed E-state index contributed by atoms with van der Waals surface area (Å²) in [6.45, 7) is 4.36. The van der Waals surface area contributed by atoms with Gasteiger partial charge in [0.2, 0.25) is 0 Å². The third-order valence-corrected chi connectivity index (χ3v) is 4.91. The lowest BCUT2D eigenvalue weighted by Crippen LogP contribution is -2.45. The Morgan fingerprint density at radius 2 is 1.72 bits per heavy atom. The van der Waals surface area contributed by atoms with Crippen molar-refractivity contribution in [2.24, 2.45) is 15.1 Å². The smallest absolute Gasteiger partial charge is 0.287 e. The minimum Gasteiger partial charge on any atom is -0.497 e. The van der Waals surface area contributed by atoms with Gasteiger partial charge in [0.25, 0.3) is 11.8 Å². The number of ether oxygens (including phenoxy) is 2. The van der Waals surface area contributed by atoms with Gasteiger partial charge in [-0.05, 0) is 11.0 Å². The third-order valence-electron chi connectivity index (χ3n) is 4.91. The number of hydrogen-bond acceptors (Lipinski definition) is 6. The summed E-state index contributed by atoms with van der Waals surface area (Å²) >= 11 is 0. The van der Waals surface area contributed by atoms with Gasteiger partial charge in [-0.2, -0.15) is 4.99 Å². The zero-order chi connectivity index (χ0) is 20.4. The molecule has 0 radical (unpaired) electrons. The van der Waals surface area contributed by atoms with Gasteiger partial charge in [-0.25, -0.2) is 0 Å². The van der Waals surface area contributed by atoms with Crippen LogP contribution >= 0.6 is 0 Å². The fourth-order valence-electron chi connectivity index (χ4n) is 3.48. The molecule has 0 amide bonds. The predicted octanol–water partition coefficient (Wildman–Crippen LogP) is 4.49. The van der Waals surface area contributed by atoms with Crippen LogP contribution in [0.3, 0.4) is 0 Å². The molecular weight excluding hydrogens is 366 g/mol. The molecule has 0 spiro atoms. The van der Waals surface area contributed by atoms with Crippen LogP contribution in [0.4, 0.5) is 11.4 Å². The van der Waals surface area contributed by atoms with E-state index in [1.807, 2.05) is 30.5 Å². The van der Waals surface area contributed by atoms with Crippen LogP contribution in [-0.4, -0.2) is 32.2 Å². The number of quaternary nitrogens is 1. The molecule has 0 aliphatic carbocycles. The van der Waals surface area contributed by atoms with Crippen molar-refractivity contribution in [1.29, 1.82) is 0 Å². The van der Waals surface area contributed by atoms with E-state index in [1.165, 1.54) is 5.56 Å². The number of guanidine groups is 1. The van der Waals surface area contributed by atoms with E-state index in [1.54, 1.807) is 26.6 Å². The number of hydrogen-bond donors (Lipinski definition) is 1. The van der Waals surface area contributed by atoms with E-state index in [0.29, 0.717) is 23.4 Å². The Kier molecular flexibility index (Phi) is 4.90. The van der Waals surface area contributed by atoms with Crippen molar-refractivity contribution in [3.05, 3.63) is 60.4 Å². The largest absolute Gasteiger partial charge is 0.497 e. The van der Waals surface area contributed by atoms with Crippen LogP contribution in [0.5, 0.6) is 11.5 Å². The number of nitrogens with one attached hydrogen (secondary N) is 1. The quantitative estimate of drug-likeness (QED) is 0.765. The molecule has 2 heterocycles. The van der Waals surface area contributed by atoms with Crippen LogP contribution in [0.1, 0.15) is 25.3 Å². The maximum Gasteiger partial charge on any atom is 0.287 e. The van der Waals surface area contributed by atoms with Gasteiger partial charge in [0.05, 0.1) is 20.4 Å². The molecule has 1 atom stereocenters. The molecule has 2 aromatic rings. The normalized spacial score (nSPS) is 19.6. The Morgan fingerprint density at radius 1 is 1.00 bits per heavy atom. The number of benzene rings is 2. The van der Waals surface area contributed by atoms with Gasteiger partial charge >= 0.3 is 0 Å². The summed E-state index contributed by atoms with van der Waals surface area (Å²) in [5.74, 6) is 2.95. The first kappa shape index (κ1) is 18.9. The molecule has 1 unspecified atom stereocenters. The second-order valence-electron chi connectivity index (χ2n) is 7.10. The number of rotatable bonds is 5. The molecular formula is C22H24N5O2+. The number of aliphatic imine (C=N–C) groups is 2. The summed E-state index contributed by atoms with van der Waals surface area (Å²) in [5, 5.41) is 8.22. The molecule has 7 heteroatoms. The molecule has 29 heavy (non-hydrogen) atoms. The lowest BCUT2D eigenvalue weighted by atomic mass is 10.00. The van der Waals surface area contributed by atoms with Crippen LogP contribution < -0.4 is 19.4 Å². The minimum absolute atomic E-state index is 0.154. The molecule has 2 aliphatic heterocycles. The number of amidine groups is 1. The predicted molar refractivity (Wildman–Crippen MR) is 118 cm³/mol. The van der Waals surface area contributed by atoms with E-state index in [4.69, 9.17) is 19.6 Å². The van der Waals surface area contributed by atoms with Gasteiger partial charge in [-0.15, -0.1) is 0 Å². The molecule has 148 valence electrons. The molecule has 0 fully saturated rings. The maximum absolute atomic E-state index is 5.36. The van der Waals surface area contributed by atoms with E-state index < -0.39 is 0 Å². The summed E-state index contributed by atoms with van der Waals surface area (Å²) < 4.78 is 10.9. The number of methoxy groups -OCH3 is 2. The zero-order valence-corrected chi connectivity index (χ0v) is 17.0. The highest BCUT2D eigenvalue weighted by atomic mass is 16.5. The molecule has 2 aromatic carbocycles. The van der Waals surface area contributed by atoms with Crippen LogP contribution in [0.15, 0.2) is 70.0 Å². The SMILES string of the molecule is COc1cc(NC2=N[N+]3(c4ccccc4C(C)C)C=CN=CC3=N2)cc(OC)c1. The lowest BCUT2D eigenvalue weighted by molar-refractivity contribution is 0.395. The summed E-state index contributed by atoms with van der Waals surface area (Å²) in [6, 6.07) is 13.9.